The second-order valence-electron chi connectivity index (χ2n) is 4.24. The summed E-state index contributed by atoms with van der Waals surface area (Å²) >= 11 is 6.67. The summed E-state index contributed by atoms with van der Waals surface area (Å²) in [6, 6.07) is 10.6. The number of hydrogen-bond donors (Lipinski definition) is 1. The van der Waals surface area contributed by atoms with Gasteiger partial charge in [0, 0.05) is 15.7 Å². The molecule has 0 saturated heterocycles. The van der Waals surface area contributed by atoms with E-state index in [1.807, 2.05) is 18.2 Å². The third-order valence-corrected chi connectivity index (χ3v) is 4.23. The molecule has 0 aliphatic heterocycles. The van der Waals surface area contributed by atoms with Gasteiger partial charge in [0.25, 0.3) is 0 Å². The van der Waals surface area contributed by atoms with Crippen molar-refractivity contribution in [1.82, 2.24) is 0 Å². The third kappa shape index (κ3) is 3.77. The molecule has 0 heterocycles. The van der Waals surface area contributed by atoms with Crippen molar-refractivity contribution in [2.75, 3.05) is 12.8 Å². The number of hydrogen-bond acceptors (Lipinski definition) is 4. The first-order valence-corrected chi connectivity index (χ1v) is 7.65. The summed E-state index contributed by atoms with van der Waals surface area (Å²) in [6.45, 7) is 0.114. The molecule has 0 bridgehead atoms. The van der Waals surface area contributed by atoms with Gasteiger partial charge in [0.15, 0.2) is 0 Å². The number of nitrogens with two attached hydrogens (primary N) is 1. The quantitative estimate of drug-likeness (QED) is 0.602. The molecule has 0 aliphatic carbocycles. The zero-order chi connectivity index (χ0) is 15.4. The largest absolute Gasteiger partial charge is 0.496 e. The maximum Gasteiger partial charge on any atom is 0.339 e. The molecule has 0 saturated carbocycles. The van der Waals surface area contributed by atoms with E-state index in [2.05, 4.69) is 31.9 Å². The highest BCUT2D eigenvalue weighted by molar-refractivity contribution is 9.11. The lowest BCUT2D eigenvalue weighted by atomic mass is 10.2. The van der Waals surface area contributed by atoms with E-state index in [4.69, 9.17) is 15.2 Å². The van der Waals surface area contributed by atoms with Crippen LogP contribution in [-0.4, -0.2) is 13.1 Å². The molecular formula is C15H13Br2NO3. The molecule has 0 radical (unpaired) electrons. The van der Waals surface area contributed by atoms with E-state index in [0.29, 0.717) is 21.5 Å². The minimum absolute atomic E-state index is 0.114. The van der Waals surface area contributed by atoms with Crippen LogP contribution in [0.25, 0.3) is 0 Å². The molecule has 2 aromatic rings. The molecule has 0 unspecified atom stereocenters. The van der Waals surface area contributed by atoms with Crippen LogP contribution in [-0.2, 0) is 11.3 Å². The van der Waals surface area contributed by atoms with Crippen LogP contribution in [0.4, 0.5) is 5.69 Å². The van der Waals surface area contributed by atoms with Crippen molar-refractivity contribution in [3.05, 3.63) is 56.5 Å². The van der Waals surface area contributed by atoms with Crippen molar-refractivity contribution in [1.29, 1.82) is 0 Å². The molecule has 0 amide bonds. The highest BCUT2D eigenvalue weighted by Crippen LogP contribution is 2.26. The van der Waals surface area contributed by atoms with Crippen molar-refractivity contribution < 1.29 is 14.3 Å². The van der Waals surface area contributed by atoms with Gasteiger partial charge >= 0.3 is 5.97 Å². The van der Waals surface area contributed by atoms with E-state index < -0.39 is 5.97 Å². The van der Waals surface area contributed by atoms with E-state index in [1.165, 1.54) is 0 Å². The number of ether oxygens (including phenoxy) is 2. The van der Waals surface area contributed by atoms with Gasteiger partial charge < -0.3 is 15.2 Å². The Kier molecular flexibility index (Phi) is 5.25. The number of rotatable bonds is 4. The van der Waals surface area contributed by atoms with Gasteiger partial charge in [-0.1, -0.05) is 22.0 Å². The van der Waals surface area contributed by atoms with Crippen LogP contribution in [0.2, 0.25) is 0 Å². The van der Waals surface area contributed by atoms with Gasteiger partial charge in [-0.2, -0.15) is 0 Å². The number of anilines is 1. The molecule has 0 aromatic heterocycles. The number of carbonyl (C=O) groups excluding carboxylic acids is 1. The molecule has 2 aromatic carbocycles. The maximum absolute atomic E-state index is 12.1. The molecule has 110 valence electrons. The molecule has 4 nitrogen and oxygen atoms in total. The summed E-state index contributed by atoms with van der Waals surface area (Å²) in [7, 11) is 1.57. The van der Waals surface area contributed by atoms with Gasteiger partial charge in [-0.25, -0.2) is 4.79 Å². The predicted molar refractivity (Wildman–Crippen MR) is 88.4 cm³/mol. The van der Waals surface area contributed by atoms with Crippen molar-refractivity contribution in [2.24, 2.45) is 0 Å². The minimum atomic E-state index is -0.448. The Morgan fingerprint density at radius 1 is 1.24 bits per heavy atom. The molecule has 21 heavy (non-hydrogen) atoms. The fourth-order valence-electron chi connectivity index (χ4n) is 1.79. The van der Waals surface area contributed by atoms with Crippen LogP contribution in [0.3, 0.4) is 0 Å². The van der Waals surface area contributed by atoms with Crippen LogP contribution >= 0.6 is 31.9 Å². The fraction of sp³-hybridized carbons (Fsp3) is 0.133. The maximum atomic E-state index is 12.1. The van der Waals surface area contributed by atoms with E-state index in [-0.39, 0.29) is 6.61 Å². The highest BCUT2D eigenvalue weighted by atomic mass is 79.9. The lowest BCUT2D eigenvalue weighted by Gasteiger charge is -2.11. The molecular weight excluding hydrogens is 402 g/mol. The van der Waals surface area contributed by atoms with E-state index in [9.17, 15) is 4.79 Å². The Bertz CT molecular complexity index is 674. The topological polar surface area (TPSA) is 61.5 Å². The number of carbonyl (C=O) groups is 1. The molecule has 2 rings (SSSR count). The van der Waals surface area contributed by atoms with Gasteiger partial charge in [0.05, 0.1) is 17.1 Å². The van der Waals surface area contributed by atoms with Crippen molar-refractivity contribution in [3.8, 4) is 5.75 Å². The second-order valence-corrected chi connectivity index (χ2v) is 5.95. The molecule has 0 fully saturated rings. The predicted octanol–water partition coefficient (Wildman–Crippen LogP) is 4.16. The summed E-state index contributed by atoms with van der Waals surface area (Å²) in [5, 5.41) is 0. The van der Waals surface area contributed by atoms with Crippen LogP contribution in [0.15, 0.2) is 45.3 Å². The average Bonchev–Trinajstić information content (AvgIpc) is 2.47. The van der Waals surface area contributed by atoms with Crippen LogP contribution in [0.1, 0.15) is 15.9 Å². The lowest BCUT2D eigenvalue weighted by molar-refractivity contribution is 0.0469. The molecule has 2 N–H and O–H groups in total. The van der Waals surface area contributed by atoms with E-state index in [1.54, 1.807) is 25.3 Å². The van der Waals surface area contributed by atoms with Crippen LogP contribution < -0.4 is 10.5 Å². The number of methoxy groups -OCH3 is 1. The minimum Gasteiger partial charge on any atom is -0.496 e. The zero-order valence-electron chi connectivity index (χ0n) is 11.2. The van der Waals surface area contributed by atoms with Gasteiger partial charge in [-0.3, -0.25) is 0 Å². The third-order valence-electron chi connectivity index (χ3n) is 2.85. The Hall–Kier alpha value is -1.53. The summed E-state index contributed by atoms with van der Waals surface area (Å²) in [5.74, 6) is 0.217. The first-order valence-electron chi connectivity index (χ1n) is 6.06. The Labute approximate surface area is 139 Å². The van der Waals surface area contributed by atoms with Crippen molar-refractivity contribution in [2.45, 2.75) is 6.61 Å². The fourth-order valence-corrected chi connectivity index (χ4v) is 2.62. The molecule has 0 aliphatic rings. The lowest BCUT2D eigenvalue weighted by Crippen LogP contribution is -2.07. The smallest absolute Gasteiger partial charge is 0.339 e. The number of esters is 1. The van der Waals surface area contributed by atoms with E-state index in [0.717, 1.165) is 10.0 Å². The van der Waals surface area contributed by atoms with E-state index >= 15 is 0 Å². The zero-order valence-corrected chi connectivity index (χ0v) is 14.4. The number of nitrogen functional groups attached to an aromatic ring is 1. The second kappa shape index (κ2) is 6.95. The normalized spacial score (nSPS) is 10.2. The van der Waals surface area contributed by atoms with Gasteiger partial charge in [-0.15, -0.1) is 0 Å². The summed E-state index contributed by atoms with van der Waals surface area (Å²) in [6.07, 6.45) is 0. The number of halogens is 2. The standard InChI is InChI=1S/C15H13Br2NO3/c1-20-13-6-5-10(16)7-9(13)8-21-15(19)11-3-2-4-12(18)14(11)17/h2-7H,8,18H2,1H3. The molecule has 0 spiro atoms. The van der Waals surface area contributed by atoms with Crippen molar-refractivity contribution >= 4 is 43.5 Å². The van der Waals surface area contributed by atoms with Gasteiger partial charge in [0.1, 0.15) is 12.4 Å². The van der Waals surface area contributed by atoms with Crippen molar-refractivity contribution in [3.63, 3.8) is 0 Å². The Balaban J connectivity index is 2.15. The van der Waals surface area contributed by atoms with Gasteiger partial charge in [-0.05, 0) is 46.3 Å². The summed E-state index contributed by atoms with van der Waals surface area (Å²) < 4.78 is 12.0. The summed E-state index contributed by atoms with van der Waals surface area (Å²) in [4.78, 5) is 12.1. The Morgan fingerprint density at radius 2 is 2.00 bits per heavy atom. The SMILES string of the molecule is COc1ccc(Br)cc1COC(=O)c1cccc(N)c1Br. The highest BCUT2D eigenvalue weighted by Gasteiger charge is 2.14. The van der Waals surface area contributed by atoms with Crippen LogP contribution in [0.5, 0.6) is 5.75 Å². The van der Waals surface area contributed by atoms with Crippen LogP contribution in [0, 0.1) is 0 Å². The summed E-state index contributed by atoms with van der Waals surface area (Å²) in [5.41, 5.74) is 7.41. The van der Waals surface area contributed by atoms with Gasteiger partial charge in [0.2, 0.25) is 0 Å². The average molecular weight is 415 g/mol. The Morgan fingerprint density at radius 3 is 2.71 bits per heavy atom. The molecule has 6 heteroatoms. The monoisotopic (exact) mass is 413 g/mol. The molecule has 0 atom stereocenters. The first-order chi connectivity index (χ1) is 10.0. The first kappa shape index (κ1) is 15.9. The number of benzene rings is 2.